The van der Waals surface area contributed by atoms with Gasteiger partial charge in [0.2, 0.25) is 0 Å². The highest BCUT2D eigenvalue weighted by molar-refractivity contribution is 5.95. The second kappa shape index (κ2) is 8.26. The fraction of sp³-hybridized carbons (Fsp3) is 0.263. The highest BCUT2D eigenvalue weighted by atomic mass is 16.5. The number of rotatable bonds is 6. The van der Waals surface area contributed by atoms with E-state index in [0.29, 0.717) is 11.1 Å². The SMILES string of the molecule is CCOC(=O)[C@@H](O)[C@@H](NC(=O)c1ccc(C)cc1)c1ccccc1. The van der Waals surface area contributed by atoms with Crippen LogP contribution in [-0.2, 0) is 9.53 Å². The van der Waals surface area contributed by atoms with Gasteiger partial charge in [0.1, 0.15) is 0 Å². The lowest BCUT2D eigenvalue weighted by Gasteiger charge is -2.23. The van der Waals surface area contributed by atoms with Gasteiger partial charge in [-0.25, -0.2) is 4.79 Å². The van der Waals surface area contributed by atoms with Gasteiger partial charge in [0, 0.05) is 5.56 Å². The average molecular weight is 327 g/mol. The summed E-state index contributed by atoms with van der Waals surface area (Å²) < 4.78 is 4.87. The molecule has 0 radical (unpaired) electrons. The molecule has 2 N–H and O–H groups in total. The first-order valence-corrected chi connectivity index (χ1v) is 7.80. The van der Waals surface area contributed by atoms with E-state index < -0.39 is 18.1 Å². The maximum Gasteiger partial charge on any atom is 0.337 e. The maximum absolute atomic E-state index is 12.5. The summed E-state index contributed by atoms with van der Waals surface area (Å²) in [4.78, 5) is 24.3. The molecule has 0 fully saturated rings. The van der Waals surface area contributed by atoms with Crippen molar-refractivity contribution in [3.8, 4) is 0 Å². The van der Waals surface area contributed by atoms with Gasteiger partial charge in [-0.1, -0.05) is 48.0 Å². The molecule has 2 rings (SSSR count). The van der Waals surface area contributed by atoms with E-state index in [2.05, 4.69) is 5.32 Å². The zero-order valence-electron chi connectivity index (χ0n) is 13.7. The second-order valence-corrected chi connectivity index (χ2v) is 5.42. The Kier molecular flexibility index (Phi) is 6.09. The molecule has 0 bridgehead atoms. The lowest BCUT2D eigenvalue weighted by Crippen LogP contribution is -2.41. The number of aliphatic hydroxyl groups excluding tert-OH is 1. The van der Waals surface area contributed by atoms with E-state index in [-0.39, 0.29) is 12.5 Å². The van der Waals surface area contributed by atoms with E-state index in [4.69, 9.17) is 4.74 Å². The van der Waals surface area contributed by atoms with Crippen LogP contribution in [0.4, 0.5) is 0 Å². The summed E-state index contributed by atoms with van der Waals surface area (Å²) in [5.74, 6) is -1.14. The highest BCUT2D eigenvalue weighted by Crippen LogP contribution is 2.19. The summed E-state index contributed by atoms with van der Waals surface area (Å²) in [6, 6.07) is 15.0. The summed E-state index contributed by atoms with van der Waals surface area (Å²) in [7, 11) is 0. The van der Waals surface area contributed by atoms with Crippen molar-refractivity contribution < 1.29 is 19.4 Å². The van der Waals surface area contributed by atoms with Gasteiger partial charge in [-0.05, 0) is 31.5 Å². The van der Waals surface area contributed by atoms with Gasteiger partial charge >= 0.3 is 5.97 Å². The van der Waals surface area contributed by atoms with Crippen molar-refractivity contribution in [2.75, 3.05) is 6.61 Å². The number of ether oxygens (including phenoxy) is 1. The molecular weight excluding hydrogens is 306 g/mol. The van der Waals surface area contributed by atoms with Crippen LogP contribution in [0.25, 0.3) is 0 Å². The molecular formula is C19H21NO4. The van der Waals surface area contributed by atoms with Crippen LogP contribution in [-0.4, -0.2) is 29.7 Å². The monoisotopic (exact) mass is 327 g/mol. The Balaban J connectivity index is 2.24. The molecule has 0 saturated carbocycles. The van der Waals surface area contributed by atoms with E-state index in [9.17, 15) is 14.7 Å². The summed E-state index contributed by atoms with van der Waals surface area (Å²) in [6.45, 7) is 3.75. The summed E-state index contributed by atoms with van der Waals surface area (Å²) in [6.07, 6.45) is -1.48. The van der Waals surface area contributed by atoms with Crippen LogP contribution in [0, 0.1) is 6.92 Å². The first kappa shape index (κ1) is 17.7. The van der Waals surface area contributed by atoms with E-state index in [1.165, 1.54) is 0 Å². The minimum Gasteiger partial charge on any atom is -0.464 e. The van der Waals surface area contributed by atoms with Gasteiger partial charge in [0.25, 0.3) is 5.91 Å². The Morgan fingerprint density at radius 2 is 1.71 bits per heavy atom. The van der Waals surface area contributed by atoms with Crippen molar-refractivity contribution in [2.45, 2.75) is 26.0 Å². The molecule has 24 heavy (non-hydrogen) atoms. The van der Waals surface area contributed by atoms with Crippen LogP contribution >= 0.6 is 0 Å². The Morgan fingerprint density at radius 1 is 1.08 bits per heavy atom. The molecule has 0 aliphatic rings. The first-order chi connectivity index (χ1) is 11.5. The van der Waals surface area contributed by atoms with Gasteiger partial charge in [-0.2, -0.15) is 0 Å². The van der Waals surface area contributed by atoms with Crippen molar-refractivity contribution in [3.05, 3.63) is 71.3 Å². The van der Waals surface area contributed by atoms with Crippen LogP contribution in [0.1, 0.15) is 34.5 Å². The number of hydrogen-bond acceptors (Lipinski definition) is 4. The first-order valence-electron chi connectivity index (χ1n) is 7.80. The predicted molar refractivity (Wildman–Crippen MR) is 90.5 cm³/mol. The number of nitrogens with one attached hydrogen (secondary N) is 1. The number of hydrogen-bond donors (Lipinski definition) is 2. The minimum absolute atomic E-state index is 0.156. The zero-order valence-corrected chi connectivity index (χ0v) is 13.7. The van der Waals surface area contributed by atoms with E-state index in [0.717, 1.165) is 5.56 Å². The molecule has 2 aromatic carbocycles. The fourth-order valence-electron chi connectivity index (χ4n) is 2.30. The Morgan fingerprint density at radius 3 is 2.29 bits per heavy atom. The smallest absolute Gasteiger partial charge is 0.337 e. The van der Waals surface area contributed by atoms with Crippen LogP contribution in [0.3, 0.4) is 0 Å². The average Bonchev–Trinajstić information content (AvgIpc) is 2.60. The normalized spacial score (nSPS) is 13.0. The Bertz CT molecular complexity index is 682. The van der Waals surface area contributed by atoms with Gasteiger partial charge < -0.3 is 15.2 Å². The predicted octanol–water partition coefficient (Wildman–Crippen LogP) is 2.39. The van der Waals surface area contributed by atoms with Crippen LogP contribution in [0.2, 0.25) is 0 Å². The molecule has 5 heteroatoms. The molecule has 0 aromatic heterocycles. The van der Waals surface area contributed by atoms with Gasteiger partial charge in [0.15, 0.2) is 6.10 Å². The lowest BCUT2D eigenvalue weighted by atomic mass is 10.0. The molecule has 5 nitrogen and oxygen atoms in total. The second-order valence-electron chi connectivity index (χ2n) is 5.42. The van der Waals surface area contributed by atoms with Gasteiger partial charge in [0.05, 0.1) is 12.6 Å². The van der Waals surface area contributed by atoms with Crippen molar-refractivity contribution in [2.24, 2.45) is 0 Å². The molecule has 0 heterocycles. The van der Waals surface area contributed by atoms with E-state index in [1.54, 1.807) is 43.3 Å². The third-order valence-electron chi connectivity index (χ3n) is 3.60. The van der Waals surface area contributed by atoms with Crippen molar-refractivity contribution in [3.63, 3.8) is 0 Å². The third kappa shape index (κ3) is 4.43. The molecule has 0 spiro atoms. The topological polar surface area (TPSA) is 75.6 Å². The number of aliphatic hydroxyl groups is 1. The maximum atomic E-state index is 12.5. The molecule has 0 unspecified atom stereocenters. The Hall–Kier alpha value is -2.66. The largest absolute Gasteiger partial charge is 0.464 e. The molecule has 126 valence electrons. The lowest BCUT2D eigenvalue weighted by molar-refractivity contribution is -0.154. The molecule has 1 amide bonds. The minimum atomic E-state index is -1.48. The molecule has 2 atom stereocenters. The van der Waals surface area contributed by atoms with Gasteiger partial charge in [-0.15, -0.1) is 0 Å². The molecule has 0 saturated heterocycles. The van der Waals surface area contributed by atoms with Crippen molar-refractivity contribution in [1.82, 2.24) is 5.32 Å². The zero-order chi connectivity index (χ0) is 17.5. The van der Waals surface area contributed by atoms with Gasteiger partial charge in [-0.3, -0.25) is 4.79 Å². The number of aryl methyl sites for hydroxylation is 1. The number of carbonyl (C=O) groups excluding carboxylic acids is 2. The van der Waals surface area contributed by atoms with Crippen molar-refractivity contribution >= 4 is 11.9 Å². The quantitative estimate of drug-likeness (QED) is 0.799. The highest BCUT2D eigenvalue weighted by Gasteiger charge is 2.30. The summed E-state index contributed by atoms with van der Waals surface area (Å²) >= 11 is 0. The van der Waals surface area contributed by atoms with Crippen LogP contribution in [0.5, 0.6) is 0 Å². The number of amides is 1. The summed E-state index contributed by atoms with van der Waals surface area (Å²) in [5, 5.41) is 13.0. The number of esters is 1. The fourth-order valence-corrected chi connectivity index (χ4v) is 2.30. The van der Waals surface area contributed by atoms with Crippen molar-refractivity contribution in [1.29, 1.82) is 0 Å². The number of benzene rings is 2. The molecule has 0 aliphatic carbocycles. The van der Waals surface area contributed by atoms with E-state index >= 15 is 0 Å². The molecule has 0 aliphatic heterocycles. The standard InChI is InChI=1S/C19H21NO4/c1-3-24-19(23)17(21)16(14-7-5-4-6-8-14)20-18(22)15-11-9-13(2)10-12-15/h4-12,16-17,21H,3H2,1-2H3,(H,20,22)/t16-,17-/m0/s1. The molecule has 2 aromatic rings. The van der Waals surface area contributed by atoms with Crippen LogP contribution < -0.4 is 5.32 Å². The van der Waals surface area contributed by atoms with E-state index in [1.807, 2.05) is 25.1 Å². The van der Waals surface area contributed by atoms with Crippen LogP contribution in [0.15, 0.2) is 54.6 Å². The summed E-state index contributed by atoms with van der Waals surface area (Å²) in [5.41, 5.74) is 2.12. The number of carbonyl (C=O) groups is 2. The third-order valence-corrected chi connectivity index (χ3v) is 3.60. The Labute approximate surface area is 141 Å².